The molecule has 0 saturated carbocycles. The van der Waals surface area contributed by atoms with Crippen LogP contribution in [0.4, 0.5) is 0 Å². The highest BCUT2D eigenvalue weighted by molar-refractivity contribution is 5.14. The molecule has 1 aromatic rings. The van der Waals surface area contributed by atoms with Crippen LogP contribution >= 0.6 is 0 Å². The van der Waals surface area contributed by atoms with Crippen LogP contribution in [0.15, 0.2) is 30.3 Å². The van der Waals surface area contributed by atoms with Crippen molar-refractivity contribution in [1.82, 2.24) is 10.2 Å². The zero-order valence-corrected chi connectivity index (χ0v) is 8.90. The second-order valence-electron chi connectivity index (χ2n) is 3.65. The number of nitrogens with two attached hydrogens (primary N) is 1. The molecule has 0 heterocycles. The van der Waals surface area contributed by atoms with Crippen LogP contribution < -0.4 is 11.1 Å². The molecular weight excluding hydrogens is 174 g/mol. The zero-order valence-electron chi connectivity index (χ0n) is 8.90. The molecule has 0 spiro atoms. The van der Waals surface area contributed by atoms with Crippen LogP contribution in [-0.2, 0) is 6.54 Å². The summed E-state index contributed by atoms with van der Waals surface area (Å²) in [5, 5.41) is 3.32. The molecule has 0 aromatic heterocycles. The molecule has 0 radical (unpaired) electrons. The Morgan fingerprint density at radius 1 is 1.29 bits per heavy atom. The molecule has 0 amide bonds. The Labute approximate surface area is 85.9 Å². The summed E-state index contributed by atoms with van der Waals surface area (Å²) in [6, 6.07) is 10.3. The Bertz CT molecular complexity index is 246. The SMILES string of the molecule is CN(C)C(N)CNCc1ccccc1. The van der Waals surface area contributed by atoms with E-state index in [4.69, 9.17) is 5.73 Å². The highest BCUT2D eigenvalue weighted by Crippen LogP contribution is 1.96. The molecule has 0 bridgehead atoms. The highest BCUT2D eigenvalue weighted by Gasteiger charge is 2.02. The summed E-state index contributed by atoms with van der Waals surface area (Å²) in [6.45, 7) is 1.68. The summed E-state index contributed by atoms with van der Waals surface area (Å²) in [4.78, 5) is 2.00. The van der Waals surface area contributed by atoms with E-state index in [1.807, 2.05) is 37.2 Å². The van der Waals surface area contributed by atoms with E-state index in [9.17, 15) is 0 Å². The van der Waals surface area contributed by atoms with Crippen LogP contribution in [0.25, 0.3) is 0 Å². The molecule has 0 saturated heterocycles. The van der Waals surface area contributed by atoms with Gasteiger partial charge in [-0.15, -0.1) is 0 Å². The predicted octanol–water partition coefficient (Wildman–Crippen LogP) is 0.623. The highest BCUT2D eigenvalue weighted by atomic mass is 15.2. The summed E-state index contributed by atoms with van der Waals surface area (Å²) in [7, 11) is 3.96. The van der Waals surface area contributed by atoms with Gasteiger partial charge in [0.15, 0.2) is 0 Å². The van der Waals surface area contributed by atoms with E-state index in [-0.39, 0.29) is 6.17 Å². The fourth-order valence-corrected chi connectivity index (χ4v) is 1.14. The molecule has 1 aromatic carbocycles. The molecule has 0 aliphatic rings. The maximum absolute atomic E-state index is 5.84. The Hall–Kier alpha value is -0.900. The topological polar surface area (TPSA) is 41.3 Å². The van der Waals surface area contributed by atoms with Gasteiger partial charge in [-0.1, -0.05) is 30.3 Å². The maximum atomic E-state index is 5.84. The van der Waals surface area contributed by atoms with Gasteiger partial charge in [0.2, 0.25) is 0 Å². The number of nitrogens with zero attached hydrogens (tertiary/aromatic N) is 1. The summed E-state index contributed by atoms with van der Waals surface area (Å²) < 4.78 is 0. The van der Waals surface area contributed by atoms with Crippen molar-refractivity contribution in [2.24, 2.45) is 5.73 Å². The molecule has 3 N–H and O–H groups in total. The Balaban J connectivity index is 2.22. The molecule has 0 fully saturated rings. The van der Waals surface area contributed by atoms with Crippen LogP contribution in [0, 0.1) is 0 Å². The van der Waals surface area contributed by atoms with Crippen LogP contribution in [0.2, 0.25) is 0 Å². The molecule has 1 rings (SSSR count). The molecular formula is C11H19N3. The Morgan fingerprint density at radius 3 is 2.50 bits per heavy atom. The van der Waals surface area contributed by atoms with Gasteiger partial charge in [0, 0.05) is 13.1 Å². The third-order valence-corrected chi connectivity index (χ3v) is 2.19. The number of hydrogen-bond donors (Lipinski definition) is 2. The quantitative estimate of drug-likeness (QED) is 0.674. The van der Waals surface area contributed by atoms with Crippen LogP contribution in [0.1, 0.15) is 5.56 Å². The van der Waals surface area contributed by atoms with Crippen molar-refractivity contribution in [3.63, 3.8) is 0 Å². The van der Waals surface area contributed by atoms with Gasteiger partial charge in [0.1, 0.15) is 0 Å². The first-order chi connectivity index (χ1) is 6.70. The summed E-state index contributed by atoms with van der Waals surface area (Å²) in [5.74, 6) is 0. The summed E-state index contributed by atoms with van der Waals surface area (Å²) in [5.41, 5.74) is 7.13. The van der Waals surface area contributed by atoms with Gasteiger partial charge in [-0.2, -0.15) is 0 Å². The minimum Gasteiger partial charge on any atom is -0.315 e. The monoisotopic (exact) mass is 193 g/mol. The average molecular weight is 193 g/mol. The molecule has 0 aliphatic heterocycles. The van der Waals surface area contributed by atoms with Gasteiger partial charge >= 0.3 is 0 Å². The molecule has 1 atom stereocenters. The molecule has 3 nitrogen and oxygen atoms in total. The fraction of sp³-hybridized carbons (Fsp3) is 0.455. The van der Waals surface area contributed by atoms with Crippen molar-refractivity contribution in [2.45, 2.75) is 12.7 Å². The van der Waals surface area contributed by atoms with Gasteiger partial charge in [0.05, 0.1) is 6.17 Å². The van der Waals surface area contributed by atoms with E-state index < -0.39 is 0 Å². The minimum atomic E-state index is 0.0821. The lowest BCUT2D eigenvalue weighted by atomic mass is 10.2. The van der Waals surface area contributed by atoms with Crippen molar-refractivity contribution in [1.29, 1.82) is 0 Å². The second-order valence-corrected chi connectivity index (χ2v) is 3.65. The van der Waals surface area contributed by atoms with E-state index in [1.54, 1.807) is 0 Å². The van der Waals surface area contributed by atoms with Crippen LogP contribution in [-0.4, -0.2) is 31.7 Å². The van der Waals surface area contributed by atoms with Gasteiger partial charge < -0.3 is 11.1 Å². The Morgan fingerprint density at radius 2 is 1.93 bits per heavy atom. The lowest BCUT2D eigenvalue weighted by molar-refractivity contribution is 0.290. The Kier molecular flexibility index (Phi) is 4.59. The third kappa shape index (κ3) is 3.87. The molecule has 78 valence electrons. The van der Waals surface area contributed by atoms with Crippen molar-refractivity contribution in [3.8, 4) is 0 Å². The minimum absolute atomic E-state index is 0.0821. The van der Waals surface area contributed by atoms with Gasteiger partial charge in [0.25, 0.3) is 0 Å². The normalized spacial score (nSPS) is 13.1. The number of benzene rings is 1. The predicted molar refractivity (Wildman–Crippen MR) is 59.8 cm³/mol. The lowest BCUT2D eigenvalue weighted by Crippen LogP contribution is -2.44. The molecule has 1 unspecified atom stereocenters. The largest absolute Gasteiger partial charge is 0.315 e. The maximum Gasteiger partial charge on any atom is 0.0695 e. The van der Waals surface area contributed by atoms with Crippen LogP contribution in [0.3, 0.4) is 0 Å². The van der Waals surface area contributed by atoms with Gasteiger partial charge in [-0.3, -0.25) is 4.90 Å². The van der Waals surface area contributed by atoms with E-state index in [2.05, 4.69) is 17.4 Å². The second kappa shape index (κ2) is 5.75. The molecule has 0 aliphatic carbocycles. The first-order valence-electron chi connectivity index (χ1n) is 4.87. The van der Waals surface area contributed by atoms with Gasteiger partial charge in [-0.25, -0.2) is 0 Å². The van der Waals surface area contributed by atoms with Crippen molar-refractivity contribution >= 4 is 0 Å². The summed E-state index contributed by atoms with van der Waals surface area (Å²) in [6.07, 6.45) is 0.0821. The van der Waals surface area contributed by atoms with Crippen LogP contribution in [0.5, 0.6) is 0 Å². The van der Waals surface area contributed by atoms with Crippen molar-refractivity contribution in [3.05, 3.63) is 35.9 Å². The number of nitrogens with one attached hydrogen (secondary N) is 1. The fourth-order valence-electron chi connectivity index (χ4n) is 1.14. The number of hydrogen-bond acceptors (Lipinski definition) is 3. The average Bonchev–Trinajstić information content (AvgIpc) is 2.19. The van der Waals surface area contributed by atoms with Crippen molar-refractivity contribution in [2.75, 3.05) is 20.6 Å². The van der Waals surface area contributed by atoms with E-state index in [0.717, 1.165) is 13.1 Å². The summed E-state index contributed by atoms with van der Waals surface area (Å²) >= 11 is 0. The van der Waals surface area contributed by atoms with E-state index in [1.165, 1.54) is 5.56 Å². The van der Waals surface area contributed by atoms with E-state index >= 15 is 0 Å². The van der Waals surface area contributed by atoms with E-state index in [0.29, 0.717) is 0 Å². The lowest BCUT2D eigenvalue weighted by Gasteiger charge is -2.19. The first-order valence-corrected chi connectivity index (χ1v) is 4.87. The number of likely N-dealkylation sites (N-methyl/N-ethyl adjacent to an activating group) is 1. The third-order valence-electron chi connectivity index (χ3n) is 2.19. The molecule has 3 heteroatoms. The smallest absolute Gasteiger partial charge is 0.0695 e. The zero-order chi connectivity index (χ0) is 10.4. The first kappa shape index (κ1) is 11.2. The number of rotatable bonds is 5. The van der Waals surface area contributed by atoms with Gasteiger partial charge in [-0.05, 0) is 19.7 Å². The molecule has 14 heavy (non-hydrogen) atoms. The standard InChI is InChI=1S/C11H19N3/c1-14(2)11(12)9-13-8-10-6-4-3-5-7-10/h3-7,11,13H,8-9,12H2,1-2H3. The van der Waals surface area contributed by atoms with Crippen molar-refractivity contribution < 1.29 is 0 Å².